The average Bonchev–Trinajstić information content (AvgIpc) is 3.18. The lowest BCUT2D eigenvalue weighted by Crippen LogP contribution is -2.40. The van der Waals surface area contributed by atoms with Gasteiger partial charge < -0.3 is 10.2 Å². The zero-order chi connectivity index (χ0) is 20.8. The van der Waals surface area contributed by atoms with E-state index in [9.17, 15) is 9.59 Å². The monoisotopic (exact) mass is 390 g/mol. The molecule has 1 heterocycles. The van der Waals surface area contributed by atoms with Crippen molar-refractivity contribution in [2.75, 3.05) is 19.6 Å². The predicted octanol–water partition coefficient (Wildman–Crippen LogP) is 3.45. The van der Waals surface area contributed by atoms with E-state index in [1.807, 2.05) is 75.4 Å². The summed E-state index contributed by atoms with van der Waals surface area (Å²) < 4.78 is 1.72. The number of aryl methyl sites for hydroxylation is 1. The lowest BCUT2D eigenvalue weighted by atomic mass is 10.1. The van der Waals surface area contributed by atoms with Crippen molar-refractivity contribution in [1.29, 1.82) is 0 Å². The van der Waals surface area contributed by atoms with Gasteiger partial charge in [-0.1, -0.05) is 48.0 Å². The maximum absolute atomic E-state index is 13.3. The second-order valence-electron chi connectivity index (χ2n) is 6.81. The Kier molecular flexibility index (Phi) is 6.44. The van der Waals surface area contributed by atoms with Crippen LogP contribution in [0.1, 0.15) is 29.8 Å². The summed E-state index contributed by atoms with van der Waals surface area (Å²) in [5.74, 6) is -0.383. The van der Waals surface area contributed by atoms with Crippen molar-refractivity contribution in [3.8, 4) is 16.9 Å². The molecule has 0 aliphatic rings. The Morgan fingerprint density at radius 3 is 2.34 bits per heavy atom. The first-order chi connectivity index (χ1) is 14.0. The molecule has 0 saturated heterocycles. The van der Waals surface area contributed by atoms with E-state index in [2.05, 4.69) is 5.32 Å². The maximum Gasteiger partial charge on any atom is 0.258 e. The number of hydrogen-bond donors (Lipinski definition) is 1. The molecule has 6 nitrogen and oxygen atoms in total. The van der Waals surface area contributed by atoms with Gasteiger partial charge in [0.1, 0.15) is 5.69 Å². The van der Waals surface area contributed by atoms with Gasteiger partial charge >= 0.3 is 0 Å². The van der Waals surface area contributed by atoms with Crippen molar-refractivity contribution in [1.82, 2.24) is 20.0 Å². The molecule has 1 N–H and O–H groups in total. The molecule has 3 aromatic rings. The molecular weight excluding hydrogens is 364 g/mol. The van der Waals surface area contributed by atoms with Crippen LogP contribution in [0, 0.1) is 6.92 Å². The van der Waals surface area contributed by atoms with Crippen LogP contribution < -0.4 is 5.32 Å². The van der Waals surface area contributed by atoms with Gasteiger partial charge in [0.15, 0.2) is 0 Å². The van der Waals surface area contributed by atoms with Gasteiger partial charge in [-0.3, -0.25) is 9.59 Å². The van der Waals surface area contributed by atoms with E-state index < -0.39 is 0 Å². The maximum atomic E-state index is 13.3. The first-order valence-corrected chi connectivity index (χ1v) is 9.81. The molecule has 2 amide bonds. The van der Waals surface area contributed by atoms with E-state index in [0.29, 0.717) is 24.3 Å². The standard InChI is InChI=1S/C23H26N4O2/c1-4-24-21(28)16-26(5-2)23(29)20-15-27(19-13-11-17(3)12-14-19)25-22(20)18-9-7-6-8-10-18/h6-15H,4-5,16H2,1-3H3,(H,24,28). The van der Waals surface area contributed by atoms with Gasteiger partial charge in [-0.25, -0.2) is 4.68 Å². The van der Waals surface area contributed by atoms with Gasteiger partial charge in [0.2, 0.25) is 5.91 Å². The van der Waals surface area contributed by atoms with Crippen LogP contribution in [-0.4, -0.2) is 46.1 Å². The highest BCUT2D eigenvalue weighted by Gasteiger charge is 2.24. The van der Waals surface area contributed by atoms with E-state index in [1.165, 1.54) is 4.90 Å². The SMILES string of the molecule is CCNC(=O)CN(CC)C(=O)c1cn(-c2ccc(C)cc2)nc1-c1ccccc1. The van der Waals surface area contributed by atoms with Crippen LogP contribution in [0.15, 0.2) is 60.8 Å². The molecule has 0 radical (unpaired) electrons. The molecule has 0 atom stereocenters. The molecule has 29 heavy (non-hydrogen) atoms. The van der Waals surface area contributed by atoms with Crippen molar-refractivity contribution in [3.05, 3.63) is 71.9 Å². The van der Waals surface area contributed by atoms with Crippen molar-refractivity contribution < 1.29 is 9.59 Å². The van der Waals surface area contributed by atoms with Crippen molar-refractivity contribution in [2.24, 2.45) is 0 Å². The number of likely N-dealkylation sites (N-methyl/N-ethyl adjacent to an activating group) is 2. The Morgan fingerprint density at radius 2 is 1.72 bits per heavy atom. The highest BCUT2D eigenvalue weighted by Crippen LogP contribution is 2.25. The van der Waals surface area contributed by atoms with E-state index in [4.69, 9.17) is 5.10 Å². The summed E-state index contributed by atoms with van der Waals surface area (Å²) in [6.07, 6.45) is 1.75. The second-order valence-corrected chi connectivity index (χ2v) is 6.81. The summed E-state index contributed by atoms with van der Waals surface area (Å²) in [7, 11) is 0. The Bertz CT molecular complexity index is 978. The van der Waals surface area contributed by atoms with Gasteiger partial charge in [0, 0.05) is 24.8 Å². The molecule has 0 aliphatic carbocycles. The molecule has 150 valence electrons. The summed E-state index contributed by atoms with van der Waals surface area (Å²) in [6, 6.07) is 17.6. The fourth-order valence-electron chi connectivity index (χ4n) is 3.09. The first-order valence-electron chi connectivity index (χ1n) is 9.81. The number of benzene rings is 2. The number of aromatic nitrogens is 2. The Hall–Kier alpha value is -3.41. The van der Waals surface area contributed by atoms with Crippen LogP contribution >= 0.6 is 0 Å². The largest absolute Gasteiger partial charge is 0.355 e. The van der Waals surface area contributed by atoms with Gasteiger partial charge in [-0.15, -0.1) is 0 Å². The van der Waals surface area contributed by atoms with Crippen molar-refractivity contribution in [3.63, 3.8) is 0 Å². The molecule has 0 spiro atoms. The normalized spacial score (nSPS) is 10.6. The summed E-state index contributed by atoms with van der Waals surface area (Å²) in [5.41, 5.74) is 3.96. The topological polar surface area (TPSA) is 67.2 Å². The third-order valence-electron chi connectivity index (χ3n) is 4.67. The van der Waals surface area contributed by atoms with E-state index in [-0.39, 0.29) is 18.4 Å². The molecule has 2 aromatic carbocycles. The summed E-state index contributed by atoms with van der Waals surface area (Å²) >= 11 is 0. The van der Waals surface area contributed by atoms with Crippen LogP contribution in [0.2, 0.25) is 0 Å². The van der Waals surface area contributed by atoms with E-state index >= 15 is 0 Å². The Balaban J connectivity index is 2.02. The minimum Gasteiger partial charge on any atom is -0.355 e. The number of nitrogens with one attached hydrogen (secondary N) is 1. The first kappa shape index (κ1) is 20.3. The van der Waals surface area contributed by atoms with Crippen LogP contribution in [0.5, 0.6) is 0 Å². The number of carbonyl (C=O) groups excluding carboxylic acids is 2. The fraction of sp³-hybridized carbons (Fsp3) is 0.261. The highest BCUT2D eigenvalue weighted by molar-refractivity contribution is 6.01. The van der Waals surface area contributed by atoms with Crippen LogP contribution in [0.4, 0.5) is 0 Å². The molecule has 0 aliphatic heterocycles. The average molecular weight is 390 g/mol. The van der Waals surface area contributed by atoms with E-state index in [0.717, 1.165) is 16.8 Å². The molecule has 3 rings (SSSR count). The third kappa shape index (κ3) is 4.71. The number of nitrogens with zero attached hydrogens (tertiary/aromatic N) is 3. The molecular formula is C23H26N4O2. The predicted molar refractivity (Wildman–Crippen MR) is 114 cm³/mol. The fourth-order valence-corrected chi connectivity index (χ4v) is 3.09. The van der Waals surface area contributed by atoms with Crippen molar-refractivity contribution >= 4 is 11.8 Å². The van der Waals surface area contributed by atoms with Gasteiger partial charge in [0.25, 0.3) is 5.91 Å². The highest BCUT2D eigenvalue weighted by atomic mass is 16.2. The van der Waals surface area contributed by atoms with Gasteiger partial charge in [0.05, 0.1) is 17.8 Å². The molecule has 0 unspecified atom stereocenters. The summed E-state index contributed by atoms with van der Waals surface area (Å²) in [4.78, 5) is 26.9. The second kappa shape index (κ2) is 9.19. The Morgan fingerprint density at radius 1 is 1.03 bits per heavy atom. The zero-order valence-corrected chi connectivity index (χ0v) is 17.1. The van der Waals surface area contributed by atoms with Crippen molar-refractivity contribution in [2.45, 2.75) is 20.8 Å². The molecule has 0 saturated carbocycles. The van der Waals surface area contributed by atoms with Crippen LogP contribution in [0.3, 0.4) is 0 Å². The molecule has 6 heteroatoms. The van der Waals surface area contributed by atoms with Crippen LogP contribution in [-0.2, 0) is 4.79 Å². The summed E-state index contributed by atoms with van der Waals surface area (Å²) in [5, 5.41) is 7.45. The van der Waals surface area contributed by atoms with Crippen LogP contribution in [0.25, 0.3) is 16.9 Å². The summed E-state index contributed by atoms with van der Waals surface area (Å²) in [6.45, 7) is 6.73. The molecule has 1 aromatic heterocycles. The number of rotatable bonds is 7. The molecule has 0 bridgehead atoms. The number of hydrogen-bond acceptors (Lipinski definition) is 3. The zero-order valence-electron chi connectivity index (χ0n) is 17.1. The lowest BCUT2D eigenvalue weighted by Gasteiger charge is -2.20. The minimum absolute atomic E-state index is 0.0209. The quantitative estimate of drug-likeness (QED) is 0.672. The van der Waals surface area contributed by atoms with Gasteiger partial charge in [-0.05, 0) is 32.9 Å². The lowest BCUT2D eigenvalue weighted by molar-refractivity contribution is -0.121. The number of carbonyl (C=O) groups is 2. The van der Waals surface area contributed by atoms with E-state index in [1.54, 1.807) is 10.9 Å². The molecule has 0 fully saturated rings. The third-order valence-corrected chi connectivity index (χ3v) is 4.67. The number of amides is 2. The smallest absolute Gasteiger partial charge is 0.258 e. The Labute approximate surface area is 171 Å². The van der Waals surface area contributed by atoms with Gasteiger partial charge in [-0.2, -0.15) is 5.10 Å². The minimum atomic E-state index is -0.212.